The van der Waals surface area contributed by atoms with Gasteiger partial charge in [-0.3, -0.25) is 0 Å². The fraction of sp³-hybridized carbons (Fsp3) is 0. The summed E-state index contributed by atoms with van der Waals surface area (Å²) in [7, 11) is 0. The zero-order chi connectivity index (χ0) is 13.8. The van der Waals surface area contributed by atoms with Crippen LogP contribution in [-0.4, -0.2) is 0 Å². The molecule has 0 amide bonds. The second-order valence-electron chi connectivity index (χ2n) is 3.85. The van der Waals surface area contributed by atoms with Gasteiger partial charge in [0.1, 0.15) is 0 Å². The van der Waals surface area contributed by atoms with Crippen molar-refractivity contribution < 1.29 is 0 Å². The Kier molecular flexibility index (Phi) is 4.66. The lowest BCUT2D eigenvalue weighted by Gasteiger charge is -2.02. The van der Waals surface area contributed by atoms with Crippen molar-refractivity contribution in [3.63, 3.8) is 0 Å². The van der Waals surface area contributed by atoms with Crippen molar-refractivity contribution in [2.75, 3.05) is 0 Å². The van der Waals surface area contributed by atoms with Gasteiger partial charge in [0, 0.05) is 4.47 Å². The number of allylic oxidation sites excluding steroid dienone is 1. The third-order valence-electron chi connectivity index (χ3n) is 2.53. The fourth-order valence-corrected chi connectivity index (χ4v) is 2.13. The molecule has 1 nitrogen and oxygen atoms in total. The summed E-state index contributed by atoms with van der Waals surface area (Å²) >= 11 is 15.2. The van der Waals surface area contributed by atoms with Crippen LogP contribution >= 0.6 is 39.1 Å². The van der Waals surface area contributed by atoms with Crippen molar-refractivity contribution in [2.45, 2.75) is 0 Å². The summed E-state index contributed by atoms with van der Waals surface area (Å²) in [6.07, 6.45) is 1.81. The summed E-state index contributed by atoms with van der Waals surface area (Å²) in [6, 6.07) is 15.0. The Morgan fingerprint density at radius 3 is 2.32 bits per heavy atom. The first-order valence-electron chi connectivity index (χ1n) is 5.43. The number of rotatable bonds is 2. The van der Waals surface area contributed by atoms with Crippen LogP contribution in [0.3, 0.4) is 0 Å². The Morgan fingerprint density at radius 1 is 1.05 bits per heavy atom. The van der Waals surface area contributed by atoms with E-state index in [1.165, 1.54) is 0 Å². The SMILES string of the molecule is N#C/C(=C/c1ccc(Br)cc1)c1ccc(Cl)c(Cl)c1. The quantitative estimate of drug-likeness (QED) is 0.493. The van der Waals surface area contributed by atoms with E-state index in [4.69, 9.17) is 23.2 Å². The minimum absolute atomic E-state index is 0.441. The average Bonchev–Trinajstić information content (AvgIpc) is 2.41. The Labute approximate surface area is 130 Å². The highest BCUT2D eigenvalue weighted by molar-refractivity contribution is 9.10. The Hall–Kier alpha value is -1.27. The molecule has 19 heavy (non-hydrogen) atoms. The van der Waals surface area contributed by atoms with Crippen LogP contribution in [0.15, 0.2) is 46.9 Å². The first-order valence-corrected chi connectivity index (χ1v) is 6.98. The zero-order valence-corrected chi connectivity index (χ0v) is 12.8. The van der Waals surface area contributed by atoms with Crippen LogP contribution in [0, 0.1) is 11.3 Å². The van der Waals surface area contributed by atoms with Crippen molar-refractivity contribution in [2.24, 2.45) is 0 Å². The van der Waals surface area contributed by atoms with Crippen molar-refractivity contribution >= 4 is 50.8 Å². The van der Waals surface area contributed by atoms with E-state index in [1.54, 1.807) is 18.2 Å². The fourth-order valence-electron chi connectivity index (χ4n) is 1.57. The number of hydrogen-bond acceptors (Lipinski definition) is 1. The van der Waals surface area contributed by atoms with Crippen molar-refractivity contribution in [3.8, 4) is 6.07 Å². The molecule has 0 bridgehead atoms. The highest BCUT2D eigenvalue weighted by atomic mass is 79.9. The highest BCUT2D eigenvalue weighted by Crippen LogP contribution is 2.27. The molecule has 0 spiro atoms. The maximum absolute atomic E-state index is 9.25. The maximum Gasteiger partial charge on any atom is 0.0998 e. The van der Waals surface area contributed by atoms with Gasteiger partial charge < -0.3 is 0 Å². The van der Waals surface area contributed by atoms with Gasteiger partial charge in [0.15, 0.2) is 0 Å². The van der Waals surface area contributed by atoms with Crippen LogP contribution in [0.1, 0.15) is 11.1 Å². The Morgan fingerprint density at radius 2 is 1.74 bits per heavy atom. The molecule has 94 valence electrons. The molecular weight excluding hydrogens is 345 g/mol. The molecule has 0 aliphatic rings. The summed E-state index contributed by atoms with van der Waals surface area (Å²) in [6.45, 7) is 0. The van der Waals surface area contributed by atoms with E-state index < -0.39 is 0 Å². The van der Waals surface area contributed by atoms with Crippen LogP contribution in [-0.2, 0) is 0 Å². The summed E-state index contributed by atoms with van der Waals surface area (Å²) in [5.74, 6) is 0. The van der Waals surface area contributed by atoms with Crippen LogP contribution in [0.5, 0.6) is 0 Å². The maximum atomic E-state index is 9.25. The van der Waals surface area contributed by atoms with Gasteiger partial charge in [0.05, 0.1) is 21.7 Å². The van der Waals surface area contributed by atoms with Crippen LogP contribution in [0.4, 0.5) is 0 Å². The lowest BCUT2D eigenvalue weighted by molar-refractivity contribution is 1.52. The Balaban J connectivity index is 2.42. The molecule has 0 aliphatic carbocycles. The van der Waals surface area contributed by atoms with Gasteiger partial charge in [0.25, 0.3) is 0 Å². The molecule has 0 heterocycles. The normalized spacial score (nSPS) is 11.2. The summed E-state index contributed by atoms with van der Waals surface area (Å²) < 4.78 is 0.998. The summed E-state index contributed by atoms with van der Waals surface area (Å²) in [4.78, 5) is 0. The van der Waals surface area contributed by atoms with Crippen LogP contribution < -0.4 is 0 Å². The molecule has 0 saturated carbocycles. The molecule has 2 aromatic rings. The molecule has 0 atom stereocenters. The van der Waals surface area contributed by atoms with Gasteiger partial charge in [-0.2, -0.15) is 5.26 Å². The zero-order valence-electron chi connectivity index (χ0n) is 9.70. The number of hydrogen-bond donors (Lipinski definition) is 0. The van der Waals surface area contributed by atoms with Gasteiger partial charge >= 0.3 is 0 Å². The van der Waals surface area contributed by atoms with E-state index in [2.05, 4.69) is 22.0 Å². The van der Waals surface area contributed by atoms with Gasteiger partial charge in [-0.1, -0.05) is 57.3 Å². The van der Waals surface area contributed by atoms with E-state index in [9.17, 15) is 5.26 Å². The minimum Gasteiger partial charge on any atom is -0.192 e. The van der Waals surface area contributed by atoms with E-state index in [0.717, 1.165) is 15.6 Å². The molecule has 0 unspecified atom stereocenters. The van der Waals surface area contributed by atoms with Gasteiger partial charge in [-0.15, -0.1) is 0 Å². The second kappa shape index (κ2) is 6.25. The van der Waals surface area contributed by atoms with Gasteiger partial charge in [0.2, 0.25) is 0 Å². The van der Waals surface area contributed by atoms with Gasteiger partial charge in [-0.25, -0.2) is 0 Å². The molecule has 0 fully saturated rings. The molecule has 0 N–H and O–H groups in total. The van der Waals surface area contributed by atoms with Crippen molar-refractivity contribution in [3.05, 3.63) is 68.1 Å². The van der Waals surface area contributed by atoms with E-state index in [0.29, 0.717) is 15.6 Å². The lowest BCUT2D eigenvalue weighted by Crippen LogP contribution is -1.83. The molecule has 0 aromatic heterocycles. The number of benzene rings is 2. The summed E-state index contributed by atoms with van der Waals surface area (Å²) in [5, 5.41) is 10.2. The molecule has 0 aliphatic heterocycles. The minimum atomic E-state index is 0.441. The predicted octanol–water partition coefficient (Wildman–Crippen LogP) is 5.82. The smallest absolute Gasteiger partial charge is 0.0998 e. The molecule has 4 heteroatoms. The third kappa shape index (κ3) is 3.61. The number of nitriles is 1. The first-order chi connectivity index (χ1) is 9.10. The molecule has 0 radical (unpaired) electrons. The van der Waals surface area contributed by atoms with Crippen molar-refractivity contribution in [1.29, 1.82) is 5.26 Å². The molecule has 0 saturated heterocycles. The number of nitrogens with zero attached hydrogens (tertiary/aromatic N) is 1. The van der Waals surface area contributed by atoms with E-state index in [-0.39, 0.29) is 0 Å². The van der Waals surface area contributed by atoms with Gasteiger partial charge in [-0.05, 0) is 41.5 Å². The van der Waals surface area contributed by atoms with Crippen molar-refractivity contribution in [1.82, 2.24) is 0 Å². The monoisotopic (exact) mass is 351 g/mol. The molecular formula is C15H8BrCl2N. The van der Waals surface area contributed by atoms with E-state index in [1.807, 2.05) is 30.3 Å². The average molecular weight is 353 g/mol. The van der Waals surface area contributed by atoms with Crippen LogP contribution in [0.25, 0.3) is 11.6 Å². The van der Waals surface area contributed by atoms with Crippen LogP contribution in [0.2, 0.25) is 10.0 Å². The lowest BCUT2D eigenvalue weighted by atomic mass is 10.0. The standard InChI is InChI=1S/C15H8BrCl2N/c16-13-4-1-10(2-5-13)7-12(9-19)11-3-6-14(17)15(18)8-11/h1-8H/b12-7-. The second-order valence-corrected chi connectivity index (χ2v) is 5.58. The predicted molar refractivity (Wildman–Crippen MR) is 84.1 cm³/mol. The topological polar surface area (TPSA) is 23.8 Å². The molecule has 2 aromatic carbocycles. The largest absolute Gasteiger partial charge is 0.192 e. The summed E-state index contributed by atoms with van der Waals surface area (Å²) in [5.41, 5.74) is 2.24. The third-order valence-corrected chi connectivity index (χ3v) is 3.80. The molecule has 2 rings (SSSR count). The highest BCUT2D eigenvalue weighted by Gasteiger charge is 2.04. The first kappa shape index (κ1) is 14.1. The van der Waals surface area contributed by atoms with E-state index >= 15 is 0 Å². The Bertz CT molecular complexity index is 670. The number of halogens is 3.